The van der Waals surface area contributed by atoms with Crippen LogP contribution in [-0.2, 0) is 10.6 Å². The molecule has 0 amide bonds. The molecule has 0 saturated heterocycles. The topological polar surface area (TPSA) is 98.1 Å². The average molecular weight is 382 g/mol. The molecule has 0 saturated carbocycles. The van der Waals surface area contributed by atoms with Crippen molar-refractivity contribution in [3.8, 4) is 0 Å². The molecule has 3 N–H and O–H groups in total. The Bertz CT molecular complexity index is 1010. The first kappa shape index (κ1) is 19.3. The van der Waals surface area contributed by atoms with Gasteiger partial charge in [-0.15, -0.1) is 11.6 Å². The zero-order chi connectivity index (χ0) is 19.3. The predicted molar refractivity (Wildman–Crippen MR) is 94.0 cm³/mol. The molecule has 0 aliphatic carbocycles. The lowest BCUT2D eigenvalue weighted by atomic mass is 10.2. The van der Waals surface area contributed by atoms with Crippen LogP contribution in [0.5, 0.6) is 0 Å². The molecule has 26 heavy (non-hydrogen) atoms. The number of aromatic nitrogens is 2. The van der Waals surface area contributed by atoms with Gasteiger partial charge in [-0.05, 0) is 36.4 Å². The highest BCUT2D eigenvalue weighted by Gasteiger charge is 2.10. The number of halogens is 3. The Hall–Kier alpha value is -3.00. The van der Waals surface area contributed by atoms with E-state index in [0.717, 1.165) is 12.1 Å². The van der Waals surface area contributed by atoms with E-state index in [2.05, 4.69) is 14.7 Å². The number of anilines is 1. The van der Waals surface area contributed by atoms with Gasteiger partial charge in [0.25, 0.3) is 5.56 Å². The summed E-state index contributed by atoms with van der Waals surface area (Å²) in [5, 5.41) is 0.235. The van der Waals surface area contributed by atoms with Crippen molar-refractivity contribution in [3.05, 3.63) is 69.8 Å². The maximum Gasteiger partial charge on any atom is 0.340 e. The molecule has 9 heteroatoms. The van der Waals surface area contributed by atoms with E-state index >= 15 is 0 Å². The maximum absolute atomic E-state index is 12.8. The third-order valence-corrected chi connectivity index (χ3v) is 3.52. The highest BCUT2D eigenvalue weighted by molar-refractivity contribution is 6.16. The van der Waals surface area contributed by atoms with Gasteiger partial charge in [0.2, 0.25) is 0 Å². The predicted octanol–water partition coefficient (Wildman–Crippen LogP) is 3.00. The number of ether oxygens (including phenoxy) is 1. The monoisotopic (exact) mass is 381 g/mol. The number of hydrogen-bond donors (Lipinski definition) is 2. The number of carbonyl (C=O) groups is 1. The number of nitrogens with two attached hydrogens (primary N) is 1. The molecule has 0 unspecified atom stereocenters. The second-order valence-electron chi connectivity index (χ2n) is 5.03. The first-order chi connectivity index (χ1) is 12.3. The van der Waals surface area contributed by atoms with Crippen LogP contribution in [-0.4, -0.2) is 23.0 Å². The molecule has 0 bridgehead atoms. The normalized spacial score (nSPS) is 10.2. The lowest BCUT2D eigenvalue weighted by Gasteiger charge is -2.02. The molecule has 1 heterocycles. The van der Waals surface area contributed by atoms with E-state index in [1.807, 2.05) is 0 Å². The van der Waals surface area contributed by atoms with Crippen LogP contribution in [0.2, 0.25) is 0 Å². The van der Waals surface area contributed by atoms with Gasteiger partial charge in [-0.2, -0.15) is 0 Å². The Balaban J connectivity index is 0.000000190. The zero-order valence-electron chi connectivity index (χ0n) is 13.6. The number of nitrogens with zero attached hydrogens (tertiary/aromatic N) is 1. The fourth-order valence-electron chi connectivity index (χ4n) is 2.04. The number of carbonyl (C=O) groups excluding carboxylic acids is 1. The van der Waals surface area contributed by atoms with Crippen LogP contribution in [0.3, 0.4) is 0 Å². The van der Waals surface area contributed by atoms with Gasteiger partial charge in [0, 0.05) is 5.69 Å². The van der Waals surface area contributed by atoms with E-state index in [4.69, 9.17) is 17.3 Å². The largest absolute Gasteiger partial charge is 0.465 e. The summed E-state index contributed by atoms with van der Waals surface area (Å²) in [6, 6.07) is 7.41. The standard InChI is InChI=1S/C9H6ClFN2O.C8H8FNO2/c10-4-8-12-7-2-1-5(11)3-6(7)9(14)13-8;1-12-8(11)6-4-5(9)2-3-7(6)10/h1-3H,4H2,(H,12,13,14);2-4H,10H2,1H3. The van der Waals surface area contributed by atoms with E-state index < -0.39 is 17.6 Å². The molecule has 0 atom stereocenters. The Morgan fingerprint density at radius 3 is 2.54 bits per heavy atom. The highest BCUT2D eigenvalue weighted by atomic mass is 35.5. The number of nitrogen functional groups attached to an aromatic ring is 1. The summed E-state index contributed by atoms with van der Waals surface area (Å²) in [5.74, 6) is -1.08. The highest BCUT2D eigenvalue weighted by Crippen LogP contribution is 2.14. The molecule has 3 aromatic rings. The van der Waals surface area contributed by atoms with Crippen molar-refractivity contribution in [1.29, 1.82) is 0 Å². The van der Waals surface area contributed by atoms with E-state index in [9.17, 15) is 18.4 Å². The summed E-state index contributed by atoms with van der Waals surface area (Å²) in [6.07, 6.45) is 0. The Labute approximate surface area is 151 Å². The van der Waals surface area contributed by atoms with Gasteiger partial charge in [0.15, 0.2) is 0 Å². The van der Waals surface area contributed by atoms with Crippen molar-refractivity contribution < 1.29 is 18.3 Å². The van der Waals surface area contributed by atoms with Crippen molar-refractivity contribution in [2.75, 3.05) is 12.8 Å². The van der Waals surface area contributed by atoms with Crippen molar-refractivity contribution in [1.82, 2.24) is 9.97 Å². The van der Waals surface area contributed by atoms with Gasteiger partial charge in [0.1, 0.15) is 17.5 Å². The fourth-order valence-corrected chi connectivity index (χ4v) is 2.16. The van der Waals surface area contributed by atoms with Crippen LogP contribution in [0.25, 0.3) is 10.9 Å². The third-order valence-electron chi connectivity index (χ3n) is 3.26. The first-order valence-corrected chi connectivity index (χ1v) is 7.77. The van der Waals surface area contributed by atoms with Crippen LogP contribution in [0, 0.1) is 11.6 Å². The Morgan fingerprint density at radius 1 is 1.23 bits per heavy atom. The summed E-state index contributed by atoms with van der Waals surface area (Å²) < 4.78 is 29.8. The molecule has 0 aliphatic rings. The number of H-pyrrole nitrogens is 1. The van der Waals surface area contributed by atoms with Crippen LogP contribution in [0.15, 0.2) is 41.2 Å². The van der Waals surface area contributed by atoms with Gasteiger partial charge in [-0.25, -0.2) is 18.6 Å². The van der Waals surface area contributed by atoms with Gasteiger partial charge in [0.05, 0.1) is 29.5 Å². The molecular weight excluding hydrogens is 368 g/mol. The fraction of sp³-hybridized carbons (Fsp3) is 0.118. The molecule has 0 fully saturated rings. The van der Waals surface area contributed by atoms with Gasteiger partial charge < -0.3 is 15.5 Å². The molecule has 6 nitrogen and oxygen atoms in total. The maximum atomic E-state index is 12.8. The van der Waals surface area contributed by atoms with Gasteiger partial charge in [-0.3, -0.25) is 4.79 Å². The quantitative estimate of drug-likeness (QED) is 0.404. The summed E-state index contributed by atoms with van der Waals surface area (Å²) in [5.41, 5.74) is 5.74. The minimum absolute atomic E-state index is 0.0532. The number of fused-ring (bicyclic) bond motifs is 1. The van der Waals surface area contributed by atoms with E-state index in [1.165, 1.54) is 31.4 Å². The van der Waals surface area contributed by atoms with Crippen LogP contribution >= 0.6 is 11.6 Å². The van der Waals surface area contributed by atoms with E-state index in [0.29, 0.717) is 11.3 Å². The minimum Gasteiger partial charge on any atom is -0.465 e. The molecule has 2 aromatic carbocycles. The van der Waals surface area contributed by atoms with Gasteiger partial charge in [-0.1, -0.05) is 0 Å². The summed E-state index contributed by atoms with van der Waals surface area (Å²) in [6.45, 7) is 0. The number of esters is 1. The number of methoxy groups -OCH3 is 1. The lowest BCUT2D eigenvalue weighted by molar-refractivity contribution is 0.0601. The second kappa shape index (κ2) is 8.39. The van der Waals surface area contributed by atoms with Crippen molar-refractivity contribution in [3.63, 3.8) is 0 Å². The molecular formula is C17H14ClF2N3O3. The molecule has 0 spiro atoms. The first-order valence-electron chi connectivity index (χ1n) is 7.23. The zero-order valence-corrected chi connectivity index (χ0v) is 14.3. The molecule has 3 rings (SSSR count). The van der Waals surface area contributed by atoms with E-state index in [1.54, 1.807) is 0 Å². The smallest absolute Gasteiger partial charge is 0.340 e. The number of aromatic amines is 1. The number of rotatable bonds is 2. The lowest BCUT2D eigenvalue weighted by Crippen LogP contribution is -2.11. The summed E-state index contributed by atoms with van der Waals surface area (Å²) >= 11 is 5.52. The molecule has 0 aliphatic heterocycles. The number of alkyl halides is 1. The number of benzene rings is 2. The third kappa shape index (κ3) is 4.54. The number of nitrogens with one attached hydrogen (secondary N) is 1. The molecule has 1 aromatic heterocycles. The van der Waals surface area contributed by atoms with Crippen LogP contribution < -0.4 is 11.3 Å². The van der Waals surface area contributed by atoms with Crippen molar-refractivity contribution >= 4 is 34.2 Å². The van der Waals surface area contributed by atoms with Crippen LogP contribution in [0.4, 0.5) is 14.5 Å². The SMILES string of the molecule is COC(=O)c1cc(F)ccc1N.O=c1[nH]c(CCl)nc2ccc(F)cc12. The van der Waals surface area contributed by atoms with Crippen molar-refractivity contribution in [2.45, 2.75) is 5.88 Å². The molecule has 0 radical (unpaired) electrons. The molecule has 136 valence electrons. The van der Waals surface area contributed by atoms with Crippen molar-refractivity contribution in [2.24, 2.45) is 0 Å². The summed E-state index contributed by atoms with van der Waals surface area (Å²) in [7, 11) is 1.21. The second-order valence-corrected chi connectivity index (χ2v) is 5.30. The minimum atomic E-state index is -0.632. The average Bonchev–Trinajstić information content (AvgIpc) is 2.64. The number of hydrogen-bond acceptors (Lipinski definition) is 5. The Morgan fingerprint density at radius 2 is 1.88 bits per heavy atom. The van der Waals surface area contributed by atoms with Crippen LogP contribution in [0.1, 0.15) is 16.2 Å². The van der Waals surface area contributed by atoms with E-state index in [-0.39, 0.29) is 28.1 Å². The summed E-state index contributed by atoms with van der Waals surface area (Å²) in [4.78, 5) is 28.8. The van der Waals surface area contributed by atoms with Gasteiger partial charge >= 0.3 is 5.97 Å². The Kier molecular flexibility index (Phi) is 6.24.